The fraction of sp³-hybridized carbons (Fsp3) is 0.455. The molecule has 0 unspecified atom stereocenters. The predicted octanol–water partition coefficient (Wildman–Crippen LogP) is 2.62. The third-order valence-electron chi connectivity index (χ3n) is 1.93. The first kappa shape index (κ1) is 14.4. The summed E-state index contributed by atoms with van der Waals surface area (Å²) >= 11 is 11.9. The largest absolute Gasteiger partial charge is 0.488 e. The van der Waals surface area contributed by atoms with Crippen LogP contribution in [0.2, 0.25) is 10.0 Å². The Morgan fingerprint density at radius 3 is 2.24 bits per heavy atom. The maximum Gasteiger partial charge on any atom is 0.156 e. The zero-order valence-electron chi connectivity index (χ0n) is 9.54. The first-order chi connectivity index (χ1) is 8.15. The average Bonchev–Trinajstić information content (AvgIpc) is 2.26. The Balaban J connectivity index is 2.36. The molecule has 1 rings (SSSR count). The van der Waals surface area contributed by atoms with Gasteiger partial charge in [-0.15, -0.1) is 0 Å². The molecule has 1 aromatic carbocycles. The molecule has 0 bridgehead atoms. The number of rotatable bonds is 7. The van der Waals surface area contributed by atoms with Gasteiger partial charge in [-0.25, -0.2) is 0 Å². The highest BCUT2D eigenvalue weighted by molar-refractivity contribution is 6.37. The molecular formula is C11H15Cl2NO3. The Kier molecular flexibility index (Phi) is 6.44. The third-order valence-corrected chi connectivity index (χ3v) is 2.49. The van der Waals surface area contributed by atoms with Gasteiger partial charge in [0.25, 0.3) is 0 Å². The van der Waals surface area contributed by atoms with Crippen LogP contribution in [0.15, 0.2) is 12.1 Å². The maximum absolute atomic E-state index is 5.95. The highest BCUT2D eigenvalue weighted by Gasteiger charge is 2.08. The van der Waals surface area contributed by atoms with E-state index in [0.717, 1.165) is 0 Å². The lowest BCUT2D eigenvalue weighted by molar-refractivity contribution is 0.0544. The molecule has 0 amide bonds. The second-order valence-corrected chi connectivity index (χ2v) is 4.08. The van der Waals surface area contributed by atoms with Crippen LogP contribution in [0.5, 0.6) is 5.75 Å². The van der Waals surface area contributed by atoms with Gasteiger partial charge in [0.05, 0.1) is 29.9 Å². The summed E-state index contributed by atoms with van der Waals surface area (Å²) in [5.74, 6) is 0.429. The number of hydrogen-bond donors (Lipinski definition) is 1. The van der Waals surface area contributed by atoms with Crippen molar-refractivity contribution in [3.05, 3.63) is 22.2 Å². The van der Waals surface area contributed by atoms with Crippen molar-refractivity contribution in [1.82, 2.24) is 0 Å². The minimum atomic E-state index is 0.368. The average molecular weight is 280 g/mol. The van der Waals surface area contributed by atoms with E-state index in [-0.39, 0.29) is 0 Å². The van der Waals surface area contributed by atoms with Crippen LogP contribution in [0.3, 0.4) is 0 Å². The van der Waals surface area contributed by atoms with E-state index in [1.165, 1.54) is 0 Å². The lowest BCUT2D eigenvalue weighted by Crippen LogP contribution is -2.10. The Bertz CT molecular complexity index is 338. The van der Waals surface area contributed by atoms with Crippen LogP contribution in [-0.4, -0.2) is 33.5 Å². The normalized spacial score (nSPS) is 10.5. The Hall–Kier alpha value is -0.680. The molecule has 96 valence electrons. The summed E-state index contributed by atoms with van der Waals surface area (Å²) in [6.07, 6.45) is 0. The van der Waals surface area contributed by atoms with Gasteiger partial charge in [-0.3, -0.25) is 0 Å². The summed E-state index contributed by atoms with van der Waals surface area (Å²) in [5.41, 5.74) is 6.08. The van der Waals surface area contributed by atoms with E-state index in [4.69, 9.17) is 43.1 Å². The molecule has 0 saturated heterocycles. The van der Waals surface area contributed by atoms with Crippen molar-refractivity contribution in [2.75, 3.05) is 39.3 Å². The molecule has 2 N–H and O–H groups in total. The quantitative estimate of drug-likeness (QED) is 0.616. The van der Waals surface area contributed by atoms with Gasteiger partial charge in [0.15, 0.2) is 5.75 Å². The minimum Gasteiger partial charge on any atom is -0.488 e. The molecule has 17 heavy (non-hydrogen) atoms. The summed E-state index contributed by atoms with van der Waals surface area (Å²) < 4.78 is 15.5. The van der Waals surface area contributed by atoms with Crippen LogP contribution in [0.25, 0.3) is 0 Å². The fourth-order valence-electron chi connectivity index (χ4n) is 1.16. The summed E-state index contributed by atoms with van der Waals surface area (Å²) in [4.78, 5) is 0. The number of benzene rings is 1. The second kappa shape index (κ2) is 7.61. The zero-order chi connectivity index (χ0) is 12.7. The first-order valence-corrected chi connectivity index (χ1v) is 5.84. The molecule has 0 radical (unpaired) electrons. The van der Waals surface area contributed by atoms with Crippen LogP contribution >= 0.6 is 23.2 Å². The van der Waals surface area contributed by atoms with Crippen LogP contribution in [0.4, 0.5) is 5.69 Å². The molecule has 0 aromatic heterocycles. The molecule has 0 spiro atoms. The Labute approximate surface area is 111 Å². The van der Waals surface area contributed by atoms with Gasteiger partial charge in [0, 0.05) is 12.8 Å². The van der Waals surface area contributed by atoms with Crippen molar-refractivity contribution < 1.29 is 14.2 Å². The SMILES string of the molecule is COCCOCCOc1c(Cl)cc(N)cc1Cl. The first-order valence-electron chi connectivity index (χ1n) is 5.09. The molecule has 0 saturated carbocycles. The van der Waals surface area contributed by atoms with Crippen molar-refractivity contribution in [2.24, 2.45) is 0 Å². The summed E-state index contributed by atoms with van der Waals surface area (Å²) in [5, 5.41) is 0.791. The van der Waals surface area contributed by atoms with Gasteiger partial charge in [-0.2, -0.15) is 0 Å². The Morgan fingerprint density at radius 1 is 1.06 bits per heavy atom. The molecule has 0 atom stereocenters. The lowest BCUT2D eigenvalue weighted by Gasteiger charge is -2.10. The van der Waals surface area contributed by atoms with Crippen LogP contribution in [0, 0.1) is 0 Å². The van der Waals surface area contributed by atoms with E-state index in [0.29, 0.717) is 47.9 Å². The van der Waals surface area contributed by atoms with Crippen LogP contribution in [-0.2, 0) is 9.47 Å². The lowest BCUT2D eigenvalue weighted by atomic mass is 10.3. The van der Waals surface area contributed by atoms with Gasteiger partial charge in [0.2, 0.25) is 0 Å². The molecule has 0 heterocycles. The monoisotopic (exact) mass is 279 g/mol. The minimum absolute atomic E-state index is 0.368. The van der Waals surface area contributed by atoms with E-state index in [2.05, 4.69) is 0 Å². The van der Waals surface area contributed by atoms with Gasteiger partial charge >= 0.3 is 0 Å². The van der Waals surface area contributed by atoms with E-state index in [1.54, 1.807) is 19.2 Å². The maximum atomic E-state index is 5.95. The highest BCUT2D eigenvalue weighted by Crippen LogP contribution is 2.34. The number of nitrogens with two attached hydrogens (primary N) is 1. The van der Waals surface area contributed by atoms with Gasteiger partial charge < -0.3 is 19.9 Å². The summed E-state index contributed by atoms with van der Waals surface area (Å²) in [6, 6.07) is 3.18. The molecular weight excluding hydrogens is 265 g/mol. The fourth-order valence-corrected chi connectivity index (χ4v) is 1.78. The van der Waals surface area contributed by atoms with E-state index >= 15 is 0 Å². The molecule has 0 aliphatic heterocycles. The van der Waals surface area contributed by atoms with Crippen LogP contribution < -0.4 is 10.5 Å². The molecule has 0 aliphatic carbocycles. The van der Waals surface area contributed by atoms with Gasteiger partial charge in [-0.1, -0.05) is 23.2 Å². The van der Waals surface area contributed by atoms with E-state index < -0.39 is 0 Å². The van der Waals surface area contributed by atoms with Crippen molar-refractivity contribution in [3.8, 4) is 5.75 Å². The van der Waals surface area contributed by atoms with Crippen LogP contribution in [0.1, 0.15) is 0 Å². The third kappa shape index (κ3) is 5.00. The predicted molar refractivity (Wildman–Crippen MR) is 69.1 cm³/mol. The molecule has 6 heteroatoms. The topological polar surface area (TPSA) is 53.7 Å². The molecule has 1 aromatic rings. The van der Waals surface area contributed by atoms with Crippen molar-refractivity contribution in [3.63, 3.8) is 0 Å². The summed E-state index contributed by atoms with van der Waals surface area (Å²) in [7, 11) is 1.62. The molecule has 0 aliphatic rings. The van der Waals surface area contributed by atoms with Crippen molar-refractivity contribution in [1.29, 1.82) is 0 Å². The number of methoxy groups -OCH3 is 1. The number of halogens is 2. The number of nitrogen functional groups attached to an aromatic ring is 1. The zero-order valence-corrected chi connectivity index (χ0v) is 11.1. The molecule has 4 nitrogen and oxygen atoms in total. The standard InChI is InChI=1S/C11H15Cl2NO3/c1-15-2-3-16-4-5-17-11-9(12)6-8(14)7-10(11)13/h6-7H,2-5,14H2,1H3. The van der Waals surface area contributed by atoms with Crippen molar-refractivity contribution in [2.45, 2.75) is 0 Å². The molecule has 0 fully saturated rings. The second-order valence-electron chi connectivity index (χ2n) is 3.27. The highest BCUT2D eigenvalue weighted by atomic mass is 35.5. The van der Waals surface area contributed by atoms with Gasteiger partial charge in [0.1, 0.15) is 6.61 Å². The number of anilines is 1. The smallest absolute Gasteiger partial charge is 0.156 e. The number of ether oxygens (including phenoxy) is 3. The van der Waals surface area contributed by atoms with Crippen molar-refractivity contribution >= 4 is 28.9 Å². The Morgan fingerprint density at radius 2 is 1.65 bits per heavy atom. The summed E-state index contributed by atoms with van der Waals surface area (Å²) in [6.45, 7) is 1.90. The van der Waals surface area contributed by atoms with E-state index in [1.807, 2.05) is 0 Å². The van der Waals surface area contributed by atoms with Gasteiger partial charge in [-0.05, 0) is 12.1 Å². The van der Waals surface area contributed by atoms with E-state index in [9.17, 15) is 0 Å². The number of hydrogen-bond acceptors (Lipinski definition) is 4.